The van der Waals surface area contributed by atoms with Crippen LogP contribution in [0.3, 0.4) is 0 Å². The molecule has 1 aromatic heterocycles. The molecule has 102 valence electrons. The number of benzene rings is 1. The van der Waals surface area contributed by atoms with Gasteiger partial charge in [-0.25, -0.2) is 4.98 Å². The van der Waals surface area contributed by atoms with Crippen LogP contribution in [-0.2, 0) is 5.41 Å². The van der Waals surface area contributed by atoms with Gasteiger partial charge in [-0.1, -0.05) is 32.9 Å². The van der Waals surface area contributed by atoms with Gasteiger partial charge in [0.15, 0.2) is 0 Å². The lowest BCUT2D eigenvalue weighted by molar-refractivity contribution is 0.476. The Morgan fingerprint density at radius 2 is 1.75 bits per heavy atom. The van der Waals surface area contributed by atoms with Crippen molar-refractivity contribution < 1.29 is 4.74 Å². The summed E-state index contributed by atoms with van der Waals surface area (Å²) in [4.78, 5) is 3.98. The van der Waals surface area contributed by atoms with Gasteiger partial charge < -0.3 is 4.74 Å². The minimum atomic E-state index is 0.175. The van der Waals surface area contributed by atoms with E-state index in [1.165, 1.54) is 5.56 Å². The van der Waals surface area contributed by atoms with E-state index in [9.17, 15) is 0 Å². The first-order valence-electron chi connectivity index (χ1n) is 6.70. The molecule has 0 saturated carbocycles. The maximum absolute atomic E-state index is 8.70. The van der Waals surface area contributed by atoms with E-state index < -0.39 is 0 Å². The summed E-state index contributed by atoms with van der Waals surface area (Å²) >= 11 is 0. The Kier molecular flexibility index (Phi) is 4.05. The summed E-state index contributed by atoms with van der Waals surface area (Å²) in [7, 11) is 0. The summed E-state index contributed by atoms with van der Waals surface area (Å²) in [5.74, 6) is 1.40. The molecule has 2 aromatic rings. The van der Waals surface area contributed by atoms with Crippen molar-refractivity contribution in [3.63, 3.8) is 0 Å². The van der Waals surface area contributed by atoms with Crippen molar-refractivity contribution >= 4 is 0 Å². The number of pyridine rings is 1. The molecule has 2 rings (SSSR count). The third-order valence-electron chi connectivity index (χ3n) is 3.61. The van der Waals surface area contributed by atoms with Gasteiger partial charge in [0.25, 0.3) is 0 Å². The Hall–Kier alpha value is -2.34. The molecule has 1 aromatic carbocycles. The van der Waals surface area contributed by atoms with Gasteiger partial charge in [0.05, 0.1) is 6.20 Å². The average Bonchev–Trinajstić information content (AvgIpc) is 2.48. The predicted molar refractivity (Wildman–Crippen MR) is 78.8 cm³/mol. The minimum absolute atomic E-state index is 0.175. The lowest BCUT2D eigenvalue weighted by Gasteiger charge is -2.23. The summed E-state index contributed by atoms with van der Waals surface area (Å²) in [6, 6.07) is 13.5. The molecule has 0 amide bonds. The first-order valence-corrected chi connectivity index (χ1v) is 6.70. The molecule has 0 spiro atoms. The fourth-order valence-electron chi connectivity index (χ4n) is 1.82. The third-order valence-corrected chi connectivity index (χ3v) is 3.61. The van der Waals surface area contributed by atoms with Crippen LogP contribution in [0, 0.1) is 11.3 Å². The molecule has 0 radical (unpaired) electrons. The van der Waals surface area contributed by atoms with Crippen molar-refractivity contribution in [2.24, 2.45) is 0 Å². The van der Waals surface area contributed by atoms with Crippen LogP contribution in [0.25, 0.3) is 0 Å². The maximum Gasteiger partial charge on any atom is 0.145 e. The molecule has 0 atom stereocenters. The SMILES string of the molecule is CCC(C)(C)c1ccc(Oc2ccc(C#N)nc2)cc1. The van der Waals surface area contributed by atoms with Crippen molar-refractivity contribution in [1.82, 2.24) is 4.98 Å². The predicted octanol–water partition coefficient (Wildman–Crippen LogP) is 4.43. The van der Waals surface area contributed by atoms with Crippen LogP contribution < -0.4 is 4.74 Å². The second-order valence-corrected chi connectivity index (χ2v) is 5.35. The van der Waals surface area contributed by atoms with E-state index in [0.29, 0.717) is 11.4 Å². The van der Waals surface area contributed by atoms with E-state index in [2.05, 4.69) is 37.9 Å². The van der Waals surface area contributed by atoms with E-state index in [-0.39, 0.29) is 5.41 Å². The fraction of sp³-hybridized carbons (Fsp3) is 0.294. The van der Waals surface area contributed by atoms with Crippen LogP contribution in [0.2, 0.25) is 0 Å². The molecule has 0 unspecified atom stereocenters. The smallest absolute Gasteiger partial charge is 0.145 e. The highest BCUT2D eigenvalue weighted by atomic mass is 16.5. The molecular weight excluding hydrogens is 248 g/mol. The van der Waals surface area contributed by atoms with Gasteiger partial charge in [0.2, 0.25) is 0 Å². The van der Waals surface area contributed by atoms with Crippen LogP contribution in [-0.4, -0.2) is 4.98 Å². The Bertz CT molecular complexity index is 607. The van der Waals surface area contributed by atoms with Crippen molar-refractivity contribution in [3.8, 4) is 17.6 Å². The molecule has 0 N–H and O–H groups in total. The van der Waals surface area contributed by atoms with Gasteiger partial charge in [-0.2, -0.15) is 5.26 Å². The van der Waals surface area contributed by atoms with Crippen molar-refractivity contribution in [1.29, 1.82) is 5.26 Å². The van der Waals surface area contributed by atoms with Crippen LogP contribution >= 0.6 is 0 Å². The lowest BCUT2D eigenvalue weighted by Crippen LogP contribution is -2.14. The zero-order valence-corrected chi connectivity index (χ0v) is 12.1. The summed E-state index contributed by atoms with van der Waals surface area (Å²) in [5.41, 5.74) is 1.86. The van der Waals surface area contributed by atoms with Gasteiger partial charge in [-0.05, 0) is 41.7 Å². The van der Waals surface area contributed by atoms with Crippen LogP contribution in [0.15, 0.2) is 42.6 Å². The molecule has 0 aliphatic heterocycles. The fourth-order valence-corrected chi connectivity index (χ4v) is 1.82. The second kappa shape index (κ2) is 5.75. The number of nitrogens with zero attached hydrogens (tertiary/aromatic N) is 2. The number of hydrogen-bond acceptors (Lipinski definition) is 3. The average molecular weight is 266 g/mol. The van der Waals surface area contributed by atoms with Gasteiger partial charge >= 0.3 is 0 Å². The maximum atomic E-state index is 8.70. The summed E-state index contributed by atoms with van der Waals surface area (Å²) in [5, 5.41) is 8.70. The number of aromatic nitrogens is 1. The van der Waals surface area contributed by atoms with Gasteiger partial charge in [-0.3, -0.25) is 0 Å². The molecule has 0 saturated heterocycles. The van der Waals surface area contributed by atoms with Crippen molar-refractivity contribution in [2.45, 2.75) is 32.6 Å². The minimum Gasteiger partial charge on any atom is -0.456 e. The normalized spacial score (nSPS) is 10.9. The molecule has 20 heavy (non-hydrogen) atoms. The Labute approximate surface area is 119 Å². The molecule has 0 aliphatic carbocycles. The highest BCUT2D eigenvalue weighted by Crippen LogP contribution is 2.29. The largest absolute Gasteiger partial charge is 0.456 e. The lowest BCUT2D eigenvalue weighted by atomic mass is 9.82. The third kappa shape index (κ3) is 3.16. The summed E-state index contributed by atoms with van der Waals surface area (Å²) < 4.78 is 5.71. The van der Waals surface area contributed by atoms with Crippen molar-refractivity contribution in [2.75, 3.05) is 0 Å². The van der Waals surface area contributed by atoms with E-state index in [1.807, 2.05) is 18.2 Å². The van der Waals surface area contributed by atoms with E-state index in [0.717, 1.165) is 12.2 Å². The Morgan fingerprint density at radius 3 is 2.25 bits per heavy atom. The van der Waals surface area contributed by atoms with E-state index in [4.69, 9.17) is 10.00 Å². The van der Waals surface area contributed by atoms with Gasteiger partial charge in [0.1, 0.15) is 23.3 Å². The van der Waals surface area contributed by atoms with Gasteiger partial charge in [0, 0.05) is 0 Å². The first kappa shape index (κ1) is 14.1. The zero-order chi connectivity index (χ0) is 14.6. The quantitative estimate of drug-likeness (QED) is 0.822. The molecular formula is C17H18N2O. The monoisotopic (exact) mass is 266 g/mol. The molecule has 0 fully saturated rings. The van der Waals surface area contributed by atoms with E-state index >= 15 is 0 Å². The standard InChI is InChI=1S/C17H18N2O/c1-4-17(2,3)13-5-8-15(9-6-13)20-16-10-7-14(11-18)19-12-16/h5-10,12H,4H2,1-3H3. The zero-order valence-electron chi connectivity index (χ0n) is 12.1. The topological polar surface area (TPSA) is 45.9 Å². The molecule has 0 bridgehead atoms. The number of rotatable bonds is 4. The van der Waals surface area contributed by atoms with Crippen LogP contribution in [0.5, 0.6) is 11.5 Å². The van der Waals surface area contributed by atoms with E-state index in [1.54, 1.807) is 18.3 Å². The molecule has 0 aliphatic rings. The van der Waals surface area contributed by atoms with Gasteiger partial charge in [-0.15, -0.1) is 0 Å². The Balaban J connectivity index is 2.12. The first-order chi connectivity index (χ1) is 9.55. The second-order valence-electron chi connectivity index (χ2n) is 5.35. The molecule has 3 heteroatoms. The molecule has 3 nitrogen and oxygen atoms in total. The number of nitriles is 1. The summed E-state index contributed by atoms with van der Waals surface area (Å²) in [6.07, 6.45) is 2.65. The highest BCUT2D eigenvalue weighted by Gasteiger charge is 2.17. The Morgan fingerprint density at radius 1 is 1.10 bits per heavy atom. The molecule has 1 heterocycles. The van der Waals surface area contributed by atoms with Crippen molar-refractivity contribution in [3.05, 3.63) is 53.9 Å². The number of ether oxygens (including phenoxy) is 1. The summed E-state index contributed by atoms with van der Waals surface area (Å²) in [6.45, 7) is 6.65. The van der Waals surface area contributed by atoms with Crippen LogP contribution in [0.1, 0.15) is 38.4 Å². The number of hydrogen-bond donors (Lipinski definition) is 0. The highest BCUT2D eigenvalue weighted by molar-refractivity contribution is 5.35. The van der Waals surface area contributed by atoms with Crippen LogP contribution in [0.4, 0.5) is 0 Å².